The van der Waals surface area contributed by atoms with E-state index in [-0.39, 0.29) is 11.3 Å². The number of rotatable bonds is 3. The molecule has 27 heavy (non-hydrogen) atoms. The predicted molar refractivity (Wildman–Crippen MR) is 99.9 cm³/mol. The highest BCUT2D eigenvalue weighted by molar-refractivity contribution is 6.02. The number of anilines is 3. The zero-order chi connectivity index (χ0) is 19.2. The molecule has 0 radical (unpaired) electrons. The van der Waals surface area contributed by atoms with Crippen LogP contribution in [0.25, 0.3) is 10.9 Å². The molecule has 1 aliphatic heterocycles. The molecule has 4 nitrogen and oxygen atoms in total. The number of halogens is 3. The van der Waals surface area contributed by atoms with Crippen molar-refractivity contribution in [2.75, 3.05) is 23.8 Å². The fourth-order valence-electron chi connectivity index (χ4n) is 3.68. The number of hydrogen-bond acceptors (Lipinski definition) is 4. The molecule has 0 unspecified atom stereocenters. The Balaban J connectivity index is 1.97. The molecule has 0 saturated heterocycles. The van der Waals surface area contributed by atoms with Crippen LogP contribution in [0.5, 0.6) is 5.75 Å². The van der Waals surface area contributed by atoms with E-state index in [9.17, 15) is 13.2 Å². The summed E-state index contributed by atoms with van der Waals surface area (Å²) in [6.45, 7) is 2.76. The number of nitrogens with zero attached hydrogens (tertiary/aromatic N) is 2. The maximum Gasteiger partial charge on any atom is 0.573 e. The molecule has 0 aliphatic carbocycles. The third kappa shape index (κ3) is 3.03. The van der Waals surface area contributed by atoms with Gasteiger partial charge in [-0.15, -0.1) is 13.2 Å². The average Bonchev–Trinajstić information content (AvgIpc) is 3.06. The van der Waals surface area contributed by atoms with Gasteiger partial charge in [-0.25, -0.2) is 4.98 Å². The quantitative estimate of drug-likeness (QED) is 0.687. The SMILES string of the molecule is CNc1nc2c(OC(F)(F)F)cccc2c2c1CCN2c1ccccc1C. The van der Waals surface area contributed by atoms with Gasteiger partial charge in [0, 0.05) is 30.2 Å². The molecular weight excluding hydrogens is 355 g/mol. The lowest BCUT2D eigenvalue weighted by Gasteiger charge is -2.24. The normalized spacial score (nSPS) is 13.7. The van der Waals surface area contributed by atoms with Gasteiger partial charge in [0.05, 0.1) is 5.69 Å². The molecular formula is C20H18F3N3O. The van der Waals surface area contributed by atoms with Gasteiger partial charge < -0.3 is 15.0 Å². The number of para-hydroxylation sites is 2. The van der Waals surface area contributed by atoms with Gasteiger partial charge in [0.2, 0.25) is 0 Å². The van der Waals surface area contributed by atoms with Gasteiger partial charge in [0.15, 0.2) is 5.75 Å². The lowest BCUT2D eigenvalue weighted by Crippen LogP contribution is -2.18. The molecule has 1 N–H and O–H groups in total. The minimum Gasteiger partial charge on any atom is -0.403 e. The molecule has 1 aromatic heterocycles. The van der Waals surface area contributed by atoms with Crippen molar-refractivity contribution in [3.8, 4) is 5.75 Å². The summed E-state index contributed by atoms with van der Waals surface area (Å²) in [5.41, 5.74) is 4.21. The van der Waals surface area contributed by atoms with E-state index in [1.807, 2.05) is 31.2 Å². The van der Waals surface area contributed by atoms with Crippen molar-refractivity contribution in [3.05, 3.63) is 53.6 Å². The van der Waals surface area contributed by atoms with Crippen LogP contribution in [0.4, 0.5) is 30.4 Å². The van der Waals surface area contributed by atoms with Crippen LogP contribution in [-0.4, -0.2) is 24.9 Å². The number of nitrogens with one attached hydrogen (secondary N) is 1. The Kier molecular flexibility index (Phi) is 4.09. The third-order valence-electron chi connectivity index (χ3n) is 4.77. The molecule has 3 aromatic rings. The van der Waals surface area contributed by atoms with Crippen molar-refractivity contribution in [2.45, 2.75) is 19.7 Å². The monoisotopic (exact) mass is 373 g/mol. The van der Waals surface area contributed by atoms with Crippen LogP contribution in [0.2, 0.25) is 0 Å². The molecule has 0 saturated carbocycles. The topological polar surface area (TPSA) is 37.4 Å². The molecule has 0 spiro atoms. The van der Waals surface area contributed by atoms with E-state index in [4.69, 9.17) is 0 Å². The number of pyridine rings is 1. The number of aryl methyl sites for hydroxylation is 1. The minimum atomic E-state index is -4.77. The second kappa shape index (κ2) is 6.33. The second-order valence-corrected chi connectivity index (χ2v) is 6.43. The van der Waals surface area contributed by atoms with Crippen LogP contribution < -0.4 is 15.0 Å². The summed E-state index contributed by atoms with van der Waals surface area (Å²) in [5.74, 6) is 0.280. The molecule has 4 rings (SSSR count). The summed E-state index contributed by atoms with van der Waals surface area (Å²) < 4.78 is 42.8. The van der Waals surface area contributed by atoms with Crippen LogP contribution >= 0.6 is 0 Å². The maximum absolute atomic E-state index is 12.8. The Hall–Kier alpha value is -2.96. The number of alkyl halides is 3. The Morgan fingerprint density at radius 1 is 1.11 bits per heavy atom. The van der Waals surface area contributed by atoms with Crippen LogP contribution in [0.15, 0.2) is 42.5 Å². The summed E-state index contributed by atoms with van der Waals surface area (Å²) >= 11 is 0. The number of ether oxygens (including phenoxy) is 1. The molecule has 2 heterocycles. The largest absolute Gasteiger partial charge is 0.573 e. The van der Waals surface area contributed by atoms with Gasteiger partial charge in [-0.3, -0.25) is 0 Å². The van der Waals surface area contributed by atoms with Crippen LogP contribution in [0, 0.1) is 6.92 Å². The highest BCUT2D eigenvalue weighted by Gasteiger charge is 2.34. The highest BCUT2D eigenvalue weighted by Crippen LogP contribution is 2.45. The Bertz CT molecular complexity index is 1020. The van der Waals surface area contributed by atoms with E-state index >= 15 is 0 Å². The summed E-state index contributed by atoms with van der Waals surface area (Å²) in [6.07, 6.45) is -4.02. The van der Waals surface area contributed by atoms with Gasteiger partial charge in [-0.05, 0) is 31.0 Å². The van der Waals surface area contributed by atoms with Gasteiger partial charge in [-0.1, -0.05) is 30.3 Å². The molecule has 0 bridgehead atoms. The number of aromatic nitrogens is 1. The van der Waals surface area contributed by atoms with Gasteiger partial charge in [0.1, 0.15) is 11.3 Å². The summed E-state index contributed by atoms with van der Waals surface area (Å²) in [7, 11) is 1.72. The highest BCUT2D eigenvalue weighted by atomic mass is 19.4. The molecule has 0 atom stereocenters. The molecule has 0 amide bonds. The van der Waals surface area contributed by atoms with Crippen LogP contribution in [-0.2, 0) is 6.42 Å². The van der Waals surface area contributed by atoms with E-state index < -0.39 is 6.36 Å². The molecule has 0 fully saturated rings. The predicted octanol–water partition coefficient (Wildman–Crippen LogP) is 5.18. The zero-order valence-corrected chi connectivity index (χ0v) is 14.9. The first-order valence-corrected chi connectivity index (χ1v) is 8.61. The first kappa shape index (κ1) is 17.5. The third-order valence-corrected chi connectivity index (χ3v) is 4.77. The molecule has 140 valence electrons. The number of hydrogen-bond donors (Lipinski definition) is 1. The number of benzene rings is 2. The van der Waals surface area contributed by atoms with E-state index in [1.165, 1.54) is 6.07 Å². The first-order chi connectivity index (χ1) is 12.9. The maximum atomic E-state index is 12.8. The van der Waals surface area contributed by atoms with Crippen molar-refractivity contribution in [2.24, 2.45) is 0 Å². The lowest BCUT2D eigenvalue weighted by molar-refractivity contribution is -0.274. The number of fused-ring (bicyclic) bond motifs is 3. The van der Waals surface area contributed by atoms with Crippen molar-refractivity contribution in [3.63, 3.8) is 0 Å². The van der Waals surface area contributed by atoms with Crippen molar-refractivity contribution in [1.82, 2.24) is 4.98 Å². The second-order valence-electron chi connectivity index (χ2n) is 6.43. The van der Waals surface area contributed by atoms with E-state index in [0.717, 1.165) is 35.5 Å². The summed E-state index contributed by atoms with van der Waals surface area (Å²) in [5, 5.41) is 3.67. The summed E-state index contributed by atoms with van der Waals surface area (Å²) in [6, 6.07) is 12.6. The Morgan fingerprint density at radius 2 is 1.89 bits per heavy atom. The van der Waals surface area contributed by atoms with Crippen molar-refractivity contribution in [1.29, 1.82) is 0 Å². The Morgan fingerprint density at radius 3 is 2.59 bits per heavy atom. The van der Waals surface area contributed by atoms with Crippen molar-refractivity contribution < 1.29 is 17.9 Å². The first-order valence-electron chi connectivity index (χ1n) is 8.61. The molecule has 2 aromatic carbocycles. The molecule has 7 heteroatoms. The fourth-order valence-corrected chi connectivity index (χ4v) is 3.68. The van der Waals surface area contributed by atoms with Gasteiger partial charge >= 0.3 is 6.36 Å². The smallest absolute Gasteiger partial charge is 0.403 e. The lowest BCUT2D eigenvalue weighted by atomic mass is 10.1. The minimum absolute atomic E-state index is 0.193. The van der Waals surface area contributed by atoms with Gasteiger partial charge in [0.25, 0.3) is 0 Å². The van der Waals surface area contributed by atoms with E-state index in [2.05, 4.69) is 19.9 Å². The van der Waals surface area contributed by atoms with Gasteiger partial charge in [-0.2, -0.15) is 0 Å². The zero-order valence-electron chi connectivity index (χ0n) is 14.9. The van der Waals surface area contributed by atoms with E-state index in [0.29, 0.717) is 11.2 Å². The van der Waals surface area contributed by atoms with Crippen LogP contribution in [0.3, 0.4) is 0 Å². The van der Waals surface area contributed by atoms with Crippen molar-refractivity contribution >= 4 is 28.1 Å². The summed E-state index contributed by atoms with van der Waals surface area (Å²) in [4.78, 5) is 6.58. The average molecular weight is 373 g/mol. The standard InChI is InChI=1S/C20H18F3N3O/c1-12-6-3-4-8-15(12)26-11-10-14-18(26)13-7-5-9-16(27-20(21,22)23)17(13)25-19(14)24-2/h3-9H,10-11H2,1-2H3,(H,24,25). The molecule has 1 aliphatic rings. The van der Waals surface area contributed by atoms with E-state index in [1.54, 1.807) is 19.2 Å². The fraction of sp³-hybridized carbons (Fsp3) is 0.250. The Labute approximate surface area is 154 Å². The van der Waals surface area contributed by atoms with Crippen LogP contribution in [0.1, 0.15) is 11.1 Å².